The van der Waals surface area contributed by atoms with Crippen LogP contribution in [0.5, 0.6) is 0 Å². The number of carbonyl (C=O) groups is 1. The lowest BCUT2D eigenvalue weighted by atomic mass is 10.2. The van der Waals surface area contributed by atoms with E-state index < -0.39 is 0 Å². The number of nitrogens with one attached hydrogen (secondary N) is 2. The molecular weight excluding hydrogens is 347 g/mol. The lowest BCUT2D eigenvalue weighted by Gasteiger charge is -2.32. The maximum absolute atomic E-state index is 12.2. The molecule has 0 spiro atoms. The van der Waals surface area contributed by atoms with E-state index in [9.17, 15) is 4.79 Å². The highest BCUT2D eigenvalue weighted by Crippen LogP contribution is 2.25. The Bertz CT molecular complexity index is 578. The number of anilines is 1. The van der Waals surface area contributed by atoms with Gasteiger partial charge >= 0.3 is 0 Å². The Morgan fingerprint density at radius 3 is 2.83 bits per heavy atom. The third kappa shape index (κ3) is 4.83. The molecule has 2 heterocycles. The summed E-state index contributed by atoms with van der Waals surface area (Å²) in [4.78, 5) is 17.1. The summed E-state index contributed by atoms with van der Waals surface area (Å²) in [5.41, 5.74) is 0.578. The summed E-state index contributed by atoms with van der Waals surface area (Å²) in [5, 5.41) is 7.31. The molecule has 3 rings (SSSR count). The molecule has 7 heteroatoms. The number of nitrogens with zero attached hydrogens (tertiary/aromatic N) is 2. The second-order valence-electron chi connectivity index (χ2n) is 6.45. The number of benzene rings is 1. The molecular formula is C17H24Cl2N4O. The first-order chi connectivity index (χ1) is 11.6. The summed E-state index contributed by atoms with van der Waals surface area (Å²) in [6, 6.07) is 5.72. The van der Waals surface area contributed by atoms with Gasteiger partial charge in [-0.1, -0.05) is 23.2 Å². The summed E-state index contributed by atoms with van der Waals surface area (Å²) in [5.74, 6) is -0.0233. The molecule has 2 aliphatic heterocycles. The molecule has 0 aliphatic carbocycles. The molecule has 0 radical (unpaired) electrons. The predicted molar refractivity (Wildman–Crippen MR) is 99.0 cm³/mol. The van der Waals surface area contributed by atoms with E-state index in [4.69, 9.17) is 23.2 Å². The largest absolute Gasteiger partial charge is 0.325 e. The first-order valence-electron chi connectivity index (χ1n) is 8.54. The van der Waals surface area contributed by atoms with Gasteiger partial charge in [0.05, 0.1) is 10.7 Å². The zero-order valence-corrected chi connectivity index (χ0v) is 15.2. The van der Waals surface area contributed by atoms with Crippen molar-refractivity contribution in [3.63, 3.8) is 0 Å². The fourth-order valence-electron chi connectivity index (χ4n) is 3.43. The van der Waals surface area contributed by atoms with Gasteiger partial charge in [-0.15, -0.1) is 0 Å². The molecule has 132 valence electrons. The second kappa shape index (κ2) is 8.50. The van der Waals surface area contributed by atoms with Gasteiger partial charge in [-0.3, -0.25) is 9.69 Å². The standard InChI is InChI=1S/C17H24Cl2N4O/c18-13-1-2-15(19)16(11-13)21-17(24)4-8-22-7-3-14(12-22)23-9-5-20-6-10-23/h1-2,11,14,20H,3-10,12H2,(H,21,24). The molecule has 1 amide bonds. The van der Waals surface area contributed by atoms with Crippen molar-refractivity contribution < 1.29 is 4.79 Å². The van der Waals surface area contributed by atoms with Crippen LogP contribution in [0.15, 0.2) is 18.2 Å². The Morgan fingerprint density at radius 1 is 1.25 bits per heavy atom. The van der Waals surface area contributed by atoms with Crippen molar-refractivity contribution in [2.24, 2.45) is 0 Å². The Labute approximate surface area is 153 Å². The molecule has 24 heavy (non-hydrogen) atoms. The van der Waals surface area contributed by atoms with Crippen LogP contribution < -0.4 is 10.6 Å². The molecule has 0 bridgehead atoms. The van der Waals surface area contributed by atoms with E-state index in [1.165, 1.54) is 6.42 Å². The average molecular weight is 371 g/mol. The van der Waals surface area contributed by atoms with Crippen LogP contribution in [-0.4, -0.2) is 67.6 Å². The molecule has 0 saturated carbocycles. The summed E-state index contributed by atoms with van der Waals surface area (Å²) in [6.07, 6.45) is 1.67. The van der Waals surface area contributed by atoms with Gasteiger partial charge in [0, 0.05) is 56.8 Å². The second-order valence-corrected chi connectivity index (χ2v) is 7.30. The minimum Gasteiger partial charge on any atom is -0.325 e. The molecule has 1 unspecified atom stereocenters. The van der Waals surface area contributed by atoms with Crippen LogP contribution in [0.2, 0.25) is 10.0 Å². The maximum Gasteiger partial charge on any atom is 0.225 e. The van der Waals surface area contributed by atoms with Crippen molar-refractivity contribution in [1.29, 1.82) is 0 Å². The van der Waals surface area contributed by atoms with Crippen molar-refractivity contribution >= 4 is 34.8 Å². The molecule has 5 nitrogen and oxygen atoms in total. The summed E-state index contributed by atoms with van der Waals surface area (Å²) < 4.78 is 0. The summed E-state index contributed by atoms with van der Waals surface area (Å²) in [7, 11) is 0. The Morgan fingerprint density at radius 2 is 2.04 bits per heavy atom. The number of hydrogen-bond acceptors (Lipinski definition) is 4. The zero-order valence-electron chi connectivity index (χ0n) is 13.7. The van der Waals surface area contributed by atoms with E-state index in [0.29, 0.717) is 28.2 Å². The maximum atomic E-state index is 12.2. The number of hydrogen-bond donors (Lipinski definition) is 2. The van der Waals surface area contributed by atoms with Crippen molar-refractivity contribution in [2.75, 3.05) is 51.1 Å². The first-order valence-corrected chi connectivity index (χ1v) is 9.29. The molecule has 2 aliphatic rings. The fourth-order valence-corrected chi connectivity index (χ4v) is 3.76. The van der Waals surface area contributed by atoms with Crippen molar-refractivity contribution in [2.45, 2.75) is 18.9 Å². The van der Waals surface area contributed by atoms with Gasteiger partial charge in [0.1, 0.15) is 0 Å². The minimum atomic E-state index is -0.0233. The van der Waals surface area contributed by atoms with Crippen LogP contribution in [0.25, 0.3) is 0 Å². The van der Waals surface area contributed by atoms with Crippen LogP contribution >= 0.6 is 23.2 Å². The molecule has 0 aromatic heterocycles. The predicted octanol–water partition coefficient (Wildman–Crippen LogP) is 2.30. The quantitative estimate of drug-likeness (QED) is 0.834. The molecule has 1 aromatic carbocycles. The van der Waals surface area contributed by atoms with Gasteiger partial charge < -0.3 is 15.5 Å². The van der Waals surface area contributed by atoms with E-state index in [1.54, 1.807) is 18.2 Å². The lowest BCUT2D eigenvalue weighted by molar-refractivity contribution is -0.116. The zero-order chi connectivity index (χ0) is 16.9. The van der Waals surface area contributed by atoms with Gasteiger partial charge in [-0.25, -0.2) is 0 Å². The van der Waals surface area contributed by atoms with E-state index in [0.717, 1.165) is 45.8 Å². The van der Waals surface area contributed by atoms with Gasteiger partial charge in [-0.05, 0) is 31.2 Å². The smallest absolute Gasteiger partial charge is 0.225 e. The van der Waals surface area contributed by atoms with Crippen LogP contribution in [-0.2, 0) is 4.79 Å². The van der Waals surface area contributed by atoms with Crippen molar-refractivity contribution in [1.82, 2.24) is 15.1 Å². The Balaban J connectivity index is 1.42. The van der Waals surface area contributed by atoms with Crippen molar-refractivity contribution in [3.05, 3.63) is 28.2 Å². The first kappa shape index (κ1) is 18.0. The number of likely N-dealkylation sites (tertiary alicyclic amines) is 1. The average Bonchev–Trinajstić information content (AvgIpc) is 3.06. The summed E-state index contributed by atoms with van der Waals surface area (Å²) >= 11 is 12.0. The topological polar surface area (TPSA) is 47.6 Å². The number of amides is 1. The van der Waals surface area contributed by atoms with Crippen LogP contribution in [0.3, 0.4) is 0 Å². The number of halogens is 2. The highest BCUT2D eigenvalue weighted by atomic mass is 35.5. The van der Waals surface area contributed by atoms with Gasteiger partial charge in [0.2, 0.25) is 5.91 Å². The third-order valence-electron chi connectivity index (χ3n) is 4.77. The summed E-state index contributed by atoms with van der Waals surface area (Å²) in [6.45, 7) is 7.34. The highest BCUT2D eigenvalue weighted by molar-refractivity contribution is 6.35. The molecule has 2 fully saturated rings. The van der Waals surface area contributed by atoms with Crippen LogP contribution in [0, 0.1) is 0 Å². The molecule has 1 aromatic rings. The van der Waals surface area contributed by atoms with E-state index in [-0.39, 0.29) is 5.91 Å². The Kier molecular flexibility index (Phi) is 6.36. The van der Waals surface area contributed by atoms with E-state index in [2.05, 4.69) is 20.4 Å². The number of rotatable bonds is 5. The van der Waals surface area contributed by atoms with E-state index >= 15 is 0 Å². The van der Waals surface area contributed by atoms with Crippen LogP contribution in [0.1, 0.15) is 12.8 Å². The number of piperazine rings is 1. The van der Waals surface area contributed by atoms with Gasteiger partial charge in [0.25, 0.3) is 0 Å². The Hall–Kier alpha value is -0.850. The number of carbonyl (C=O) groups excluding carboxylic acids is 1. The molecule has 2 N–H and O–H groups in total. The third-order valence-corrected chi connectivity index (χ3v) is 5.34. The van der Waals surface area contributed by atoms with Gasteiger partial charge in [0.15, 0.2) is 0 Å². The minimum absolute atomic E-state index is 0.0233. The SMILES string of the molecule is O=C(CCN1CCC(N2CCNCC2)C1)Nc1cc(Cl)ccc1Cl. The van der Waals surface area contributed by atoms with E-state index in [1.807, 2.05) is 0 Å². The fraction of sp³-hybridized carbons (Fsp3) is 0.588. The molecule has 2 saturated heterocycles. The van der Waals surface area contributed by atoms with Crippen molar-refractivity contribution in [3.8, 4) is 0 Å². The highest BCUT2D eigenvalue weighted by Gasteiger charge is 2.28. The molecule has 1 atom stereocenters. The monoisotopic (exact) mass is 370 g/mol. The van der Waals surface area contributed by atoms with Gasteiger partial charge in [-0.2, -0.15) is 0 Å². The van der Waals surface area contributed by atoms with Crippen LogP contribution in [0.4, 0.5) is 5.69 Å². The normalized spacial score (nSPS) is 22.7. The lowest BCUT2D eigenvalue weighted by Crippen LogP contribution is -2.49.